The van der Waals surface area contributed by atoms with Crippen LogP contribution in [-0.4, -0.2) is 11.5 Å². The maximum Gasteiger partial charge on any atom is 0.213 e. The summed E-state index contributed by atoms with van der Waals surface area (Å²) in [5.41, 5.74) is 1.94. The molecule has 0 saturated carbocycles. The number of rotatable bonds is 7. The van der Waals surface area contributed by atoms with Gasteiger partial charge in [-0.2, -0.15) is 0 Å². The van der Waals surface area contributed by atoms with Gasteiger partial charge in [0.05, 0.1) is 5.69 Å². The molecule has 1 aromatic carbocycles. The van der Waals surface area contributed by atoms with E-state index in [4.69, 9.17) is 16.3 Å². The molecule has 0 aliphatic rings. The van der Waals surface area contributed by atoms with E-state index in [9.17, 15) is 0 Å². The van der Waals surface area contributed by atoms with Gasteiger partial charge in [0.1, 0.15) is 6.61 Å². The van der Waals surface area contributed by atoms with Crippen molar-refractivity contribution in [2.75, 3.05) is 6.54 Å². The monoisotopic (exact) mass is 290 g/mol. The average molecular weight is 291 g/mol. The first-order chi connectivity index (χ1) is 9.79. The summed E-state index contributed by atoms with van der Waals surface area (Å²) in [5, 5.41) is 4.04. The minimum Gasteiger partial charge on any atom is -0.473 e. The molecule has 0 fully saturated rings. The van der Waals surface area contributed by atoms with Crippen LogP contribution in [-0.2, 0) is 13.2 Å². The Balaban J connectivity index is 1.93. The molecule has 2 rings (SSSR count). The molecule has 4 heteroatoms. The van der Waals surface area contributed by atoms with Gasteiger partial charge >= 0.3 is 0 Å². The third-order valence-electron chi connectivity index (χ3n) is 2.85. The number of nitrogens with zero attached hydrogens (tertiary/aromatic N) is 1. The molecular formula is C16H19ClN2O. The van der Waals surface area contributed by atoms with Gasteiger partial charge in [-0.3, -0.25) is 0 Å². The molecule has 0 atom stereocenters. The molecular weight excluding hydrogens is 272 g/mol. The largest absolute Gasteiger partial charge is 0.473 e. The number of pyridine rings is 1. The molecule has 2 aromatic rings. The highest BCUT2D eigenvalue weighted by atomic mass is 35.5. The standard InChI is InChI=1S/C16H19ClN2O/c1-2-10-18-11-14-7-5-9-16(19-14)20-12-13-6-3-4-8-15(13)17/h3-9,18H,2,10-12H2,1H3. The van der Waals surface area contributed by atoms with Gasteiger partial charge in [0.15, 0.2) is 0 Å². The Hall–Kier alpha value is -1.58. The molecule has 1 N–H and O–H groups in total. The molecule has 0 aliphatic carbocycles. The van der Waals surface area contributed by atoms with Gasteiger partial charge in [0.2, 0.25) is 5.88 Å². The summed E-state index contributed by atoms with van der Waals surface area (Å²) in [5.74, 6) is 0.626. The normalized spacial score (nSPS) is 10.5. The molecule has 1 aromatic heterocycles. The van der Waals surface area contributed by atoms with Crippen molar-refractivity contribution >= 4 is 11.6 Å². The van der Waals surface area contributed by atoms with E-state index in [1.54, 1.807) is 0 Å². The van der Waals surface area contributed by atoms with Crippen molar-refractivity contribution in [1.29, 1.82) is 0 Å². The molecule has 0 radical (unpaired) electrons. The van der Waals surface area contributed by atoms with Gasteiger partial charge in [-0.25, -0.2) is 4.98 Å². The SMILES string of the molecule is CCCNCc1cccc(OCc2ccccc2Cl)n1. The van der Waals surface area contributed by atoms with Crippen molar-refractivity contribution in [2.45, 2.75) is 26.5 Å². The zero-order chi connectivity index (χ0) is 14.2. The molecule has 0 unspecified atom stereocenters. The molecule has 0 saturated heterocycles. The van der Waals surface area contributed by atoms with Crippen LogP contribution in [0.3, 0.4) is 0 Å². The predicted octanol–water partition coefficient (Wildman–Crippen LogP) is 3.81. The summed E-state index contributed by atoms with van der Waals surface area (Å²) in [4.78, 5) is 4.46. The summed E-state index contributed by atoms with van der Waals surface area (Å²) >= 11 is 6.10. The summed E-state index contributed by atoms with van der Waals surface area (Å²) in [6, 6.07) is 13.5. The number of benzene rings is 1. The van der Waals surface area contributed by atoms with Crippen molar-refractivity contribution < 1.29 is 4.74 Å². The van der Waals surface area contributed by atoms with Gasteiger partial charge < -0.3 is 10.1 Å². The summed E-state index contributed by atoms with van der Waals surface area (Å²) in [6.45, 7) is 4.33. The van der Waals surface area contributed by atoms with E-state index in [0.29, 0.717) is 17.5 Å². The summed E-state index contributed by atoms with van der Waals surface area (Å²) < 4.78 is 5.70. The third kappa shape index (κ3) is 4.51. The highest BCUT2D eigenvalue weighted by Gasteiger charge is 2.02. The van der Waals surface area contributed by atoms with Crippen LogP contribution in [0, 0.1) is 0 Å². The summed E-state index contributed by atoms with van der Waals surface area (Å²) in [7, 11) is 0. The molecule has 0 spiro atoms. The lowest BCUT2D eigenvalue weighted by atomic mass is 10.2. The van der Waals surface area contributed by atoms with E-state index in [-0.39, 0.29) is 0 Å². The quantitative estimate of drug-likeness (QED) is 0.787. The second kappa shape index (κ2) is 7.88. The Kier molecular flexibility index (Phi) is 5.84. The predicted molar refractivity (Wildman–Crippen MR) is 82.0 cm³/mol. The molecule has 0 aliphatic heterocycles. The number of hydrogen-bond acceptors (Lipinski definition) is 3. The Morgan fingerprint density at radius 1 is 1.15 bits per heavy atom. The fourth-order valence-electron chi connectivity index (χ4n) is 1.80. The van der Waals surface area contributed by atoms with Crippen LogP contribution in [0.15, 0.2) is 42.5 Å². The smallest absolute Gasteiger partial charge is 0.213 e. The first-order valence-electron chi connectivity index (χ1n) is 6.82. The topological polar surface area (TPSA) is 34.1 Å². The minimum absolute atomic E-state index is 0.429. The van der Waals surface area contributed by atoms with Gasteiger partial charge in [0, 0.05) is 23.2 Å². The Morgan fingerprint density at radius 3 is 2.80 bits per heavy atom. The van der Waals surface area contributed by atoms with Crippen molar-refractivity contribution in [2.24, 2.45) is 0 Å². The highest BCUT2D eigenvalue weighted by molar-refractivity contribution is 6.31. The fraction of sp³-hybridized carbons (Fsp3) is 0.312. The highest BCUT2D eigenvalue weighted by Crippen LogP contribution is 2.17. The van der Waals surface area contributed by atoms with E-state index < -0.39 is 0 Å². The van der Waals surface area contributed by atoms with Crippen LogP contribution in [0.2, 0.25) is 5.02 Å². The van der Waals surface area contributed by atoms with E-state index >= 15 is 0 Å². The fourth-order valence-corrected chi connectivity index (χ4v) is 1.99. The van der Waals surface area contributed by atoms with Gasteiger partial charge in [-0.1, -0.05) is 42.8 Å². The van der Waals surface area contributed by atoms with E-state index in [2.05, 4.69) is 17.2 Å². The van der Waals surface area contributed by atoms with E-state index in [1.165, 1.54) is 0 Å². The number of hydrogen-bond donors (Lipinski definition) is 1. The Bertz CT molecular complexity index is 546. The number of aromatic nitrogens is 1. The van der Waals surface area contributed by atoms with Crippen molar-refractivity contribution in [3.63, 3.8) is 0 Å². The molecule has 20 heavy (non-hydrogen) atoms. The molecule has 3 nitrogen and oxygen atoms in total. The van der Waals surface area contributed by atoms with Crippen LogP contribution in [0.5, 0.6) is 5.88 Å². The minimum atomic E-state index is 0.429. The van der Waals surface area contributed by atoms with Crippen molar-refractivity contribution in [3.05, 3.63) is 58.7 Å². The molecule has 106 valence electrons. The average Bonchev–Trinajstić information content (AvgIpc) is 2.47. The lowest BCUT2D eigenvalue weighted by Crippen LogP contribution is -2.14. The first-order valence-corrected chi connectivity index (χ1v) is 7.20. The van der Waals surface area contributed by atoms with Crippen LogP contribution in [0.4, 0.5) is 0 Å². The Morgan fingerprint density at radius 2 is 2.00 bits per heavy atom. The first kappa shape index (κ1) is 14.8. The van der Waals surface area contributed by atoms with E-state index in [1.807, 2.05) is 42.5 Å². The zero-order valence-electron chi connectivity index (χ0n) is 11.6. The molecule has 1 heterocycles. The van der Waals surface area contributed by atoms with E-state index in [0.717, 1.165) is 30.8 Å². The lowest BCUT2D eigenvalue weighted by Gasteiger charge is -2.08. The zero-order valence-corrected chi connectivity index (χ0v) is 12.4. The molecule has 0 bridgehead atoms. The maximum atomic E-state index is 6.10. The second-order valence-corrected chi connectivity index (χ2v) is 4.93. The van der Waals surface area contributed by atoms with Gasteiger partial charge in [-0.05, 0) is 25.1 Å². The van der Waals surface area contributed by atoms with Gasteiger partial charge in [0.25, 0.3) is 0 Å². The second-order valence-electron chi connectivity index (χ2n) is 4.52. The number of nitrogens with one attached hydrogen (secondary N) is 1. The van der Waals surface area contributed by atoms with Crippen LogP contribution in [0.1, 0.15) is 24.6 Å². The lowest BCUT2D eigenvalue weighted by molar-refractivity contribution is 0.293. The summed E-state index contributed by atoms with van der Waals surface area (Å²) in [6.07, 6.45) is 1.11. The van der Waals surface area contributed by atoms with Crippen LogP contribution in [0.25, 0.3) is 0 Å². The Labute approximate surface area is 124 Å². The molecule has 0 amide bonds. The van der Waals surface area contributed by atoms with Crippen molar-refractivity contribution in [1.82, 2.24) is 10.3 Å². The van der Waals surface area contributed by atoms with Gasteiger partial charge in [-0.15, -0.1) is 0 Å². The number of ether oxygens (including phenoxy) is 1. The van der Waals surface area contributed by atoms with Crippen LogP contribution >= 0.6 is 11.6 Å². The van der Waals surface area contributed by atoms with Crippen LogP contribution < -0.4 is 10.1 Å². The maximum absolute atomic E-state index is 6.10. The third-order valence-corrected chi connectivity index (χ3v) is 3.22. The number of halogens is 1. The van der Waals surface area contributed by atoms with Crippen molar-refractivity contribution in [3.8, 4) is 5.88 Å².